The first-order chi connectivity index (χ1) is 4.79. The van der Waals surface area contributed by atoms with Crippen LogP contribution in [-0.2, 0) is 4.79 Å². The predicted octanol–water partition coefficient (Wildman–Crippen LogP) is 0.0354. The number of carbonyl (C=O) groups is 1. The van der Waals surface area contributed by atoms with Crippen molar-refractivity contribution in [2.45, 2.75) is 6.92 Å². The topological polar surface area (TPSA) is 54.9 Å². The van der Waals surface area contributed by atoms with Crippen molar-refractivity contribution in [2.24, 2.45) is 0 Å². The zero-order valence-electron chi connectivity index (χ0n) is 5.38. The molecule has 1 amide bonds. The fraction of sp³-hybridized carbons (Fsp3) is 0.167. The third kappa shape index (κ3) is 1.81. The van der Waals surface area contributed by atoms with E-state index in [1.165, 1.54) is 13.1 Å². The molecule has 0 bridgehead atoms. The highest BCUT2D eigenvalue weighted by molar-refractivity contribution is 5.86. The maximum absolute atomic E-state index is 10.4. The minimum atomic E-state index is -0.195. The summed E-state index contributed by atoms with van der Waals surface area (Å²) in [6, 6.07) is 2.51. The molecule has 10 heavy (non-hydrogen) atoms. The molecule has 1 N–H and O–H groups in total. The zero-order chi connectivity index (χ0) is 7.40. The average Bonchev–Trinajstić information content (AvgIpc) is 1.88. The van der Waals surface area contributed by atoms with E-state index >= 15 is 0 Å². The average molecular weight is 135 g/mol. The first-order valence-electron chi connectivity index (χ1n) is 2.67. The molecule has 1 rings (SSSR count). The summed E-state index contributed by atoms with van der Waals surface area (Å²) in [5.41, 5.74) is 0. The van der Waals surface area contributed by atoms with Crippen molar-refractivity contribution >= 4 is 11.9 Å². The molecule has 0 unspecified atom stereocenters. The molecule has 0 aliphatic heterocycles. The summed E-state index contributed by atoms with van der Waals surface area (Å²) < 4.78 is 0. The van der Waals surface area contributed by atoms with Crippen molar-refractivity contribution in [2.75, 3.05) is 5.32 Å². The molecule has 1 heterocycles. The Morgan fingerprint density at radius 2 is 2.60 bits per heavy atom. The van der Waals surface area contributed by atoms with E-state index in [1.54, 1.807) is 0 Å². The molecule has 0 spiro atoms. The lowest BCUT2D eigenvalue weighted by molar-refractivity contribution is -0.114. The van der Waals surface area contributed by atoms with Gasteiger partial charge in [0, 0.05) is 19.2 Å². The van der Waals surface area contributed by atoms with Gasteiger partial charge in [-0.2, -0.15) is 0 Å². The molecule has 0 saturated heterocycles. The van der Waals surface area contributed by atoms with Gasteiger partial charge in [0.1, 0.15) is 6.20 Å². The Balaban J connectivity index is 2.67. The summed E-state index contributed by atoms with van der Waals surface area (Å²) in [5.74, 6) is 0.0610. The van der Waals surface area contributed by atoms with Crippen molar-refractivity contribution in [1.82, 2.24) is 9.97 Å². The molecule has 4 nitrogen and oxygen atoms in total. The summed E-state index contributed by atoms with van der Waals surface area (Å²) in [5, 5.41) is 2.39. The van der Waals surface area contributed by atoms with Crippen LogP contribution in [-0.4, -0.2) is 15.9 Å². The van der Waals surface area contributed by atoms with Gasteiger partial charge in [-0.05, 0) is 0 Å². The van der Waals surface area contributed by atoms with E-state index in [0.717, 1.165) is 0 Å². The van der Waals surface area contributed by atoms with Crippen molar-refractivity contribution in [3.63, 3.8) is 0 Å². The lowest BCUT2D eigenvalue weighted by Crippen LogP contribution is -2.08. The zero-order valence-corrected chi connectivity index (χ0v) is 5.38. The van der Waals surface area contributed by atoms with Crippen molar-refractivity contribution in [3.8, 4) is 0 Å². The van der Waals surface area contributed by atoms with Gasteiger partial charge in [-0.3, -0.25) is 10.1 Å². The van der Waals surface area contributed by atoms with Crippen LogP contribution in [0.4, 0.5) is 5.95 Å². The largest absolute Gasteiger partial charge is 0.295 e. The minimum absolute atomic E-state index is 0.195. The van der Waals surface area contributed by atoms with E-state index in [9.17, 15) is 4.79 Å². The maximum Gasteiger partial charge on any atom is 0.230 e. The lowest BCUT2D eigenvalue weighted by atomic mass is 10.6. The second-order valence-corrected chi connectivity index (χ2v) is 1.63. The summed E-state index contributed by atoms with van der Waals surface area (Å²) in [4.78, 5) is 17.7. The van der Waals surface area contributed by atoms with Gasteiger partial charge in [-0.25, -0.2) is 9.97 Å². The summed E-state index contributed by atoms with van der Waals surface area (Å²) in [6.07, 6.45) is 3.80. The number of anilines is 1. The maximum atomic E-state index is 10.4. The normalized spacial score (nSPS) is 8.90. The highest BCUT2D eigenvalue weighted by Gasteiger charge is 1.93. The minimum Gasteiger partial charge on any atom is -0.295 e. The molecule has 2 radical (unpaired) electrons. The van der Waals surface area contributed by atoms with E-state index in [1.807, 2.05) is 0 Å². The Morgan fingerprint density at radius 3 is 3.10 bits per heavy atom. The number of carbonyl (C=O) groups excluding carboxylic acids is 1. The Morgan fingerprint density at radius 1 is 1.80 bits per heavy atom. The molecule has 1 aromatic heterocycles. The van der Waals surface area contributed by atoms with Crippen molar-refractivity contribution in [3.05, 3.63) is 18.5 Å². The van der Waals surface area contributed by atoms with Crippen molar-refractivity contribution < 1.29 is 4.79 Å². The first-order valence-corrected chi connectivity index (χ1v) is 2.67. The highest BCUT2D eigenvalue weighted by Crippen LogP contribution is 1.90. The van der Waals surface area contributed by atoms with Gasteiger partial charge in [-0.1, -0.05) is 0 Å². The Hall–Kier alpha value is -1.45. The van der Waals surface area contributed by atoms with Crippen molar-refractivity contribution in [1.29, 1.82) is 0 Å². The Kier molecular flexibility index (Phi) is 1.94. The van der Waals surface area contributed by atoms with Crippen LogP contribution in [0.1, 0.15) is 6.92 Å². The summed E-state index contributed by atoms with van der Waals surface area (Å²) >= 11 is 0. The number of rotatable bonds is 1. The number of nitrogens with zero attached hydrogens (tertiary/aromatic N) is 2. The van der Waals surface area contributed by atoms with Gasteiger partial charge in [0.05, 0.1) is 0 Å². The van der Waals surface area contributed by atoms with Crippen LogP contribution >= 0.6 is 0 Å². The van der Waals surface area contributed by atoms with Gasteiger partial charge >= 0.3 is 0 Å². The van der Waals surface area contributed by atoms with E-state index < -0.39 is 0 Å². The van der Waals surface area contributed by atoms with Crippen LogP contribution in [0.5, 0.6) is 0 Å². The second kappa shape index (κ2) is 2.91. The van der Waals surface area contributed by atoms with Gasteiger partial charge in [-0.15, -0.1) is 0 Å². The molecule has 0 atom stereocenters. The molecular weight excluding hydrogens is 130 g/mol. The summed E-state index contributed by atoms with van der Waals surface area (Å²) in [7, 11) is 0. The number of nitrogens with one attached hydrogen (secondary N) is 1. The second-order valence-electron chi connectivity index (χ2n) is 1.63. The van der Waals surface area contributed by atoms with Gasteiger partial charge in [0.15, 0.2) is 0 Å². The van der Waals surface area contributed by atoms with E-state index in [0.29, 0.717) is 0 Å². The fourth-order valence-corrected chi connectivity index (χ4v) is 0.454. The van der Waals surface area contributed by atoms with Crippen LogP contribution in [0.15, 0.2) is 6.20 Å². The van der Waals surface area contributed by atoms with Crippen LogP contribution in [0.3, 0.4) is 0 Å². The molecule has 0 aliphatic rings. The van der Waals surface area contributed by atoms with Crippen LogP contribution in [0, 0.1) is 12.3 Å². The number of aromatic nitrogens is 2. The predicted molar refractivity (Wildman–Crippen MR) is 34.0 cm³/mol. The van der Waals surface area contributed by atoms with E-state index in [-0.39, 0.29) is 11.9 Å². The molecular formula is C6H5N3O. The monoisotopic (exact) mass is 135 g/mol. The quantitative estimate of drug-likeness (QED) is 0.591. The van der Waals surface area contributed by atoms with Gasteiger partial charge in [0.25, 0.3) is 0 Å². The molecule has 0 aromatic carbocycles. The fourth-order valence-electron chi connectivity index (χ4n) is 0.454. The molecule has 1 aromatic rings. The van der Waals surface area contributed by atoms with Gasteiger partial charge in [0.2, 0.25) is 11.9 Å². The Labute approximate surface area is 58.3 Å². The third-order valence-electron chi connectivity index (χ3n) is 0.766. The lowest BCUT2D eigenvalue weighted by Gasteiger charge is -1.94. The van der Waals surface area contributed by atoms with Crippen LogP contribution in [0.25, 0.3) is 0 Å². The molecule has 0 fully saturated rings. The molecule has 4 heteroatoms. The van der Waals surface area contributed by atoms with E-state index in [2.05, 4.69) is 27.5 Å². The molecule has 0 saturated carbocycles. The number of hydrogen-bond acceptors (Lipinski definition) is 3. The third-order valence-corrected chi connectivity index (χ3v) is 0.766. The summed E-state index contributed by atoms with van der Waals surface area (Å²) in [6.45, 7) is 1.39. The highest BCUT2D eigenvalue weighted by atomic mass is 16.1. The molecule has 50 valence electrons. The first kappa shape index (κ1) is 6.67. The smallest absolute Gasteiger partial charge is 0.230 e. The Bertz CT molecular complexity index is 222. The number of hydrogen-bond donors (Lipinski definition) is 1. The van der Waals surface area contributed by atoms with Crippen LogP contribution < -0.4 is 5.32 Å². The van der Waals surface area contributed by atoms with E-state index in [4.69, 9.17) is 0 Å². The number of amides is 1. The molecule has 0 aliphatic carbocycles. The standard InChI is InChI=1S/C6H5N3O/c1-5(10)9-6-7-3-2-4-8-6/h3H,1H3,(H,7,8,9,10). The van der Waals surface area contributed by atoms with Crippen LogP contribution in [0.2, 0.25) is 0 Å². The van der Waals surface area contributed by atoms with Gasteiger partial charge < -0.3 is 0 Å². The SMILES string of the molecule is CC(=O)Nc1n[c][c]cn1.